The number of hydrogen-bond donors (Lipinski definition) is 2. The highest BCUT2D eigenvalue weighted by atomic mass is 16.5. The first-order chi connectivity index (χ1) is 20.2. The Morgan fingerprint density at radius 1 is 0.571 bits per heavy atom. The molecule has 0 aliphatic carbocycles. The van der Waals surface area contributed by atoms with Gasteiger partial charge < -0.3 is 29.2 Å². The summed E-state index contributed by atoms with van der Waals surface area (Å²) in [4.78, 5) is 28.0. The summed E-state index contributed by atoms with van der Waals surface area (Å²) >= 11 is 0. The second-order valence-electron chi connectivity index (χ2n) is 11.0. The quantitative estimate of drug-likeness (QED) is 0.102. The van der Waals surface area contributed by atoms with E-state index < -0.39 is 11.2 Å². The van der Waals surface area contributed by atoms with E-state index in [1.165, 1.54) is 0 Å². The molecule has 2 N–H and O–H groups in total. The van der Waals surface area contributed by atoms with Gasteiger partial charge in [-0.05, 0) is 85.0 Å². The second kappa shape index (κ2) is 16.2. The van der Waals surface area contributed by atoms with Gasteiger partial charge in [0.25, 0.3) is 0 Å². The summed E-state index contributed by atoms with van der Waals surface area (Å²) in [6.45, 7) is 1.73. The Balaban J connectivity index is 2.10. The summed E-state index contributed by atoms with van der Waals surface area (Å²) in [6.07, 6.45) is 3.15. The van der Waals surface area contributed by atoms with Crippen LogP contribution in [0.5, 0.6) is 0 Å². The van der Waals surface area contributed by atoms with Crippen LogP contribution in [0.1, 0.15) is 72.1 Å². The summed E-state index contributed by atoms with van der Waals surface area (Å²) < 4.78 is 20.7. The predicted octanol–water partition coefficient (Wildman–Crippen LogP) is 5.53. The molecule has 3 aromatic rings. The minimum atomic E-state index is -1.58. The largest absolute Gasteiger partial charge is 0.385 e. The standard InChI is InChI=1S/C34H46O8/c1-39-19-7-15-33(37,16-8-20-40-2)31(35)27-13-5-11-25-23-26-12-6-14-28(30(26)24-29(25)27)32(36)34(38,17-9-21-41-3)18-10-22-42-4/h5-6,11-14,23-24,37-38H,7-10,15-22H2,1-4H3. The van der Waals surface area contributed by atoms with Crippen LogP contribution in [0.2, 0.25) is 0 Å². The predicted molar refractivity (Wildman–Crippen MR) is 164 cm³/mol. The Labute approximate surface area is 248 Å². The van der Waals surface area contributed by atoms with Crippen LogP contribution in [0.3, 0.4) is 0 Å². The Morgan fingerprint density at radius 2 is 0.905 bits per heavy atom. The van der Waals surface area contributed by atoms with Crippen LogP contribution in [-0.4, -0.2) is 87.8 Å². The highest BCUT2D eigenvalue weighted by Crippen LogP contribution is 2.34. The zero-order valence-electron chi connectivity index (χ0n) is 25.4. The lowest BCUT2D eigenvalue weighted by atomic mass is 9.81. The molecule has 0 atom stereocenters. The summed E-state index contributed by atoms with van der Waals surface area (Å²) in [6, 6.07) is 14.7. The van der Waals surface area contributed by atoms with Gasteiger partial charge in [0, 0.05) is 66.0 Å². The number of methoxy groups -OCH3 is 4. The van der Waals surface area contributed by atoms with Crippen LogP contribution in [-0.2, 0) is 18.9 Å². The van der Waals surface area contributed by atoms with E-state index in [4.69, 9.17) is 18.9 Å². The molecule has 0 saturated carbocycles. The van der Waals surface area contributed by atoms with Crippen LogP contribution in [0.15, 0.2) is 48.5 Å². The van der Waals surface area contributed by atoms with Crippen molar-refractivity contribution in [2.75, 3.05) is 54.9 Å². The van der Waals surface area contributed by atoms with Crippen LogP contribution in [0.4, 0.5) is 0 Å². The number of fused-ring (bicyclic) bond motifs is 2. The molecule has 0 fully saturated rings. The lowest BCUT2D eigenvalue weighted by Gasteiger charge is -2.28. The van der Waals surface area contributed by atoms with Crippen molar-refractivity contribution in [3.8, 4) is 0 Å². The van der Waals surface area contributed by atoms with Gasteiger partial charge in [-0.3, -0.25) is 9.59 Å². The molecule has 0 heterocycles. The molecule has 0 amide bonds. The Hall–Kier alpha value is -2.72. The third-order valence-electron chi connectivity index (χ3n) is 7.97. The number of hydrogen-bond acceptors (Lipinski definition) is 8. The first kappa shape index (κ1) is 33.8. The van der Waals surface area contributed by atoms with Gasteiger partial charge in [-0.15, -0.1) is 0 Å². The van der Waals surface area contributed by atoms with Gasteiger partial charge in [0.05, 0.1) is 0 Å². The van der Waals surface area contributed by atoms with E-state index in [9.17, 15) is 19.8 Å². The van der Waals surface area contributed by atoms with Crippen LogP contribution >= 0.6 is 0 Å². The van der Waals surface area contributed by atoms with Gasteiger partial charge in [-0.25, -0.2) is 0 Å². The fraction of sp³-hybridized carbons (Fsp3) is 0.529. The van der Waals surface area contributed by atoms with Crippen molar-refractivity contribution in [1.29, 1.82) is 0 Å². The van der Waals surface area contributed by atoms with Gasteiger partial charge in [0.2, 0.25) is 0 Å². The maximum Gasteiger partial charge on any atom is 0.194 e. The number of carbonyl (C=O) groups excluding carboxylic acids is 2. The van der Waals surface area contributed by atoms with E-state index >= 15 is 0 Å². The van der Waals surface area contributed by atoms with Crippen molar-refractivity contribution in [2.45, 2.75) is 62.6 Å². The lowest BCUT2D eigenvalue weighted by Crippen LogP contribution is -2.39. The van der Waals surface area contributed by atoms with Crippen molar-refractivity contribution in [2.24, 2.45) is 0 Å². The molecule has 0 aliphatic rings. The average Bonchev–Trinajstić information content (AvgIpc) is 2.99. The van der Waals surface area contributed by atoms with Crippen molar-refractivity contribution in [1.82, 2.24) is 0 Å². The van der Waals surface area contributed by atoms with Gasteiger partial charge in [0.1, 0.15) is 11.2 Å². The third-order valence-corrected chi connectivity index (χ3v) is 7.97. The fourth-order valence-electron chi connectivity index (χ4n) is 5.69. The number of rotatable bonds is 20. The number of aliphatic hydroxyl groups is 2. The minimum absolute atomic E-state index is 0.257. The van der Waals surface area contributed by atoms with Crippen molar-refractivity contribution < 1.29 is 38.7 Å². The molecule has 3 rings (SSSR count). The molecule has 0 saturated heterocycles. The Bertz CT molecular complexity index is 1200. The molecule has 0 aliphatic heterocycles. The van der Waals surface area contributed by atoms with Gasteiger partial charge >= 0.3 is 0 Å². The van der Waals surface area contributed by atoms with E-state index in [2.05, 4.69) is 0 Å². The molecule has 3 aromatic carbocycles. The van der Waals surface area contributed by atoms with Crippen molar-refractivity contribution >= 4 is 33.1 Å². The summed E-state index contributed by atoms with van der Waals surface area (Å²) in [5, 5.41) is 26.2. The number of Topliss-reactive ketones (excluding diaryl/α,β-unsaturated/α-hetero) is 2. The van der Waals surface area contributed by atoms with E-state index in [1.54, 1.807) is 40.6 Å². The zero-order valence-corrected chi connectivity index (χ0v) is 25.4. The molecular formula is C34H46O8. The maximum absolute atomic E-state index is 14.0. The SMILES string of the molecule is COCCCC(O)(CCCOC)C(=O)c1cccc2cc3cccc(C(=O)C(O)(CCCOC)CCCOC)c3cc12. The van der Waals surface area contributed by atoms with Crippen LogP contribution < -0.4 is 0 Å². The maximum atomic E-state index is 14.0. The molecule has 0 bridgehead atoms. The summed E-state index contributed by atoms with van der Waals surface area (Å²) in [5.74, 6) is -0.724. The smallest absolute Gasteiger partial charge is 0.194 e. The highest BCUT2D eigenvalue weighted by Gasteiger charge is 2.38. The average molecular weight is 583 g/mol. The monoisotopic (exact) mass is 582 g/mol. The lowest BCUT2D eigenvalue weighted by molar-refractivity contribution is 0.0134. The highest BCUT2D eigenvalue weighted by molar-refractivity contribution is 6.18. The van der Waals surface area contributed by atoms with Crippen molar-refractivity contribution in [3.05, 3.63) is 59.7 Å². The van der Waals surface area contributed by atoms with E-state index in [0.717, 1.165) is 10.8 Å². The molecule has 0 radical (unpaired) electrons. The fourth-order valence-corrected chi connectivity index (χ4v) is 5.69. The molecular weight excluding hydrogens is 536 g/mol. The van der Waals surface area contributed by atoms with Crippen LogP contribution in [0, 0.1) is 0 Å². The number of ether oxygens (including phenoxy) is 4. The zero-order chi connectivity index (χ0) is 30.6. The Kier molecular flexibility index (Phi) is 13.0. The third kappa shape index (κ3) is 8.22. The molecule has 230 valence electrons. The molecule has 42 heavy (non-hydrogen) atoms. The van der Waals surface area contributed by atoms with Crippen molar-refractivity contribution in [3.63, 3.8) is 0 Å². The first-order valence-electron chi connectivity index (χ1n) is 14.7. The molecule has 0 aromatic heterocycles. The molecule has 0 spiro atoms. The minimum Gasteiger partial charge on any atom is -0.385 e. The summed E-state index contributed by atoms with van der Waals surface area (Å²) in [7, 11) is 6.38. The number of ketones is 2. The topological polar surface area (TPSA) is 112 Å². The van der Waals surface area contributed by atoms with E-state index in [0.29, 0.717) is 74.0 Å². The second-order valence-corrected chi connectivity index (χ2v) is 11.0. The molecule has 8 nitrogen and oxygen atoms in total. The van der Waals surface area contributed by atoms with Crippen LogP contribution in [0.25, 0.3) is 21.5 Å². The van der Waals surface area contributed by atoms with Gasteiger partial charge in [0.15, 0.2) is 11.6 Å². The number of benzene rings is 3. The van der Waals surface area contributed by atoms with Gasteiger partial charge in [-0.1, -0.05) is 36.4 Å². The van der Waals surface area contributed by atoms with E-state index in [-0.39, 0.29) is 37.2 Å². The van der Waals surface area contributed by atoms with Gasteiger partial charge in [-0.2, -0.15) is 0 Å². The molecule has 8 heteroatoms. The molecule has 0 unspecified atom stereocenters. The normalized spacial score (nSPS) is 12.3. The van der Waals surface area contributed by atoms with E-state index in [1.807, 2.05) is 36.4 Å². The first-order valence-corrected chi connectivity index (χ1v) is 14.7. The Morgan fingerprint density at radius 3 is 1.21 bits per heavy atom. The number of carbonyl (C=O) groups is 2. The summed E-state index contributed by atoms with van der Waals surface area (Å²) in [5.41, 5.74) is -2.38.